The van der Waals surface area contributed by atoms with Crippen molar-refractivity contribution >= 4 is 23.4 Å². The van der Waals surface area contributed by atoms with Gasteiger partial charge in [0.25, 0.3) is 0 Å². The minimum absolute atomic E-state index is 0.0603. The highest BCUT2D eigenvalue weighted by Gasteiger charge is 2.02. The number of carbonyl (C=O) groups is 1. The quantitative estimate of drug-likeness (QED) is 0.497. The maximum absolute atomic E-state index is 11.8. The zero-order valence-electron chi connectivity index (χ0n) is 12.9. The predicted octanol–water partition coefficient (Wildman–Crippen LogP) is 4.02. The Bertz CT molecular complexity index is 636. The third-order valence-corrected chi connectivity index (χ3v) is 4.17. The molecule has 0 saturated heterocycles. The van der Waals surface area contributed by atoms with Gasteiger partial charge in [0.15, 0.2) is 0 Å². The third kappa shape index (κ3) is 5.37. The zero-order chi connectivity index (χ0) is 15.8. The molecular weight excluding hydrogens is 292 g/mol. The first kappa shape index (κ1) is 16.3. The second kappa shape index (κ2) is 8.39. The van der Waals surface area contributed by atoms with Gasteiger partial charge in [0.1, 0.15) is 0 Å². The van der Waals surface area contributed by atoms with Crippen molar-refractivity contribution in [2.45, 2.75) is 25.2 Å². The Hall–Kier alpha value is -2.07. The van der Waals surface area contributed by atoms with Crippen LogP contribution >= 0.6 is 11.8 Å². The number of benzene rings is 2. The van der Waals surface area contributed by atoms with E-state index in [0.717, 1.165) is 17.0 Å². The van der Waals surface area contributed by atoms with E-state index in [-0.39, 0.29) is 5.91 Å². The van der Waals surface area contributed by atoms with Crippen molar-refractivity contribution in [3.63, 3.8) is 0 Å². The van der Waals surface area contributed by atoms with Crippen molar-refractivity contribution in [1.82, 2.24) is 5.43 Å². The van der Waals surface area contributed by atoms with Crippen LogP contribution in [0.25, 0.3) is 0 Å². The molecule has 0 radical (unpaired) electrons. The van der Waals surface area contributed by atoms with Gasteiger partial charge in [-0.05, 0) is 31.5 Å². The predicted molar refractivity (Wildman–Crippen MR) is 93.3 cm³/mol. The monoisotopic (exact) mass is 312 g/mol. The van der Waals surface area contributed by atoms with Crippen LogP contribution in [0.3, 0.4) is 0 Å². The minimum Gasteiger partial charge on any atom is -0.273 e. The Morgan fingerprint density at radius 1 is 1.09 bits per heavy atom. The van der Waals surface area contributed by atoms with E-state index in [1.54, 1.807) is 11.8 Å². The fourth-order valence-electron chi connectivity index (χ4n) is 1.84. The first-order valence-electron chi connectivity index (χ1n) is 7.23. The smallest absolute Gasteiger partial charge is 0.240 e. The number of nitrogens with zero attached hydrogens (tertiary/aromatic N) is 1. The van der Waals surface area contributed by atoms with Gasteiger partial charge in [-0.25, -0.2) is 5.43 Å². The summed E-state index contributed by atoms with van der Waals surface area (Å²) in [4.78, 5) is 13.0. The molecule has 0 spiro atoms. The number of hydrogen-bond acceptors (Lipinski definition) is 3. The van der Waals surface area contributed by atoms with E-state index in [2.05, 4.69) is 10.5 Å². The summed E-state index contributed by atoms with van der Waals surface area (Å²) < 4.78 is 0. The highest BCUT2D eigenvalue weighted by Crippen LogP contribution is 2.17. The van der Waals surface area contributed by atoms with Crippen LogP contribution in [-0.2, 0) is 4.79 Å². The molecule has 0 unspecified atom stereocenters. The molecule has 114 valence electrons. The maximum atomic E-state index is 11.8. The van der Waals surface area contributed by atoms with Gasteiger partial charge in [-0.2, -0.15) is 5.10 Å². The average molecular weight is 312 g/mol. The van der Waals surface area contributed by atoms with E-state index in [1.165, 1.54) is 10.5 Å². The molecular formula is C18H20N2OS. The normalized spacial score (nSPS) is 11.3. The molecule has 1 amide bonds. The zero-order valence-corrected chi connectivity index (χ0v) is 13.7. The molecule has 2 rings (SSSR count). The SMILES string of the molecule is C/C(=N/NC(=O)CCSc1ccccc1)c1ccc(C)cc1. The van der Waals surface area contributed by atoms with E-state index in [4.69, 9.17) is 0 Å². The summed E-state index contributed by atoms with van der Waals surface area (Å²) in [5.74, 6) is 0.685. The number of thioether (sulfide) groups is 1. The van der Waals surface area contributed by atoms with Crippen molar-refractivity contribution in [3.05, 3.63) is 65.7 Å². The van der Waals surface area contributed by atoms with Gasteiger partial charge in [0, 0.05) is 17.1 Å². The van der Waals surface area contributed by atoms with Crippen LogP contribution in [0.5, 0.6) is 0 Å². The van der Waals surface area contributed by atoms with Crippen LogP contribution in [-0.4, -0.2) is 17.4 Å². The maximum Gasteiger partial charge on any atom is 0.240 e. The van der Waals surface area contributed by atoms with Crippen LogP contribution < -0.4 is 5.43 Å². The van der Waals surface area contributed by atoms with Gasteiger partial charge >= 0.3 is 0 Å². The molecule has 0 aliphatic heterocycles. The molecule has 0 aliphatic carbocycles. The van der Waals surface area contributed by atoms with Crippen molar-refractivity contribution < 1.29 is 4.79 Å². The molecule has 0 aromatic heterocycles. The molecule has 4 heteroatoms. The molecule has 0 aliphatic rings. The van der Waals surface area contributed by atoms with Crippen LogP contribution in [0.1, 0.15) is 24.5 Å². The summed E-state index contributed by atoms with van der Waals surface area (Å²) in [5, 5.41) is 4.16. The van der Waals surface area contributed by atoms with Gasteiger partial charge in [-0.1, -0.05) is 48.0 Å². The summed E-state index contributed by atoms with van der Waals surface area (Å²) in [7, 11) is 0. The molecule has 0 fully saturated rings. The Balaban J connectivity index is 1.77. The van der Waals surface area contributed by atoms with E-state index in [0.29, 0.717) is 6.42 Å². The topological polar surface area (TPSA) is 41.5 Å². The van der Waals surface area contributed by atoms with Crippen molar-refractivity contribution in [1.29, 1.82) is 0 Å². The average Bonchev–Trinajstić information content (AvgIpc) is 2.54. The summed E-state index contributed by atoms with van der Waals surface area (Å²) in [5.41, 5.74) is 5.65. The van der Waals surface area contributed by atoms with E-state index in [1.807, 2.05) is 68.4 Å². The highest BCUT2D eigenvalue weighted by atomic mass is 32.2. The number of nitrogens with one attached hydrogen (secondary N) is 1. The largest absolute Gasteiger partial charge is 0.273 e. The first-order chi connectivity index (χ1) is 10.6. The lowest BCUT2D eigenvalue weighted by Crippen LogP contribution is -2.19. The minimum atomic E-state index is -0.0603. The van der Waals surface area contributed by atoms with Gasteiger partial charge < -0.3 is 0 Å². The van der Waals surface area contributed by atoms with E-state index in [9.17, 15) is 4.79 Å². The molecule has 2 aromatic carbocycles. The third-order valence-electron chi connectivity index (χ3n) is 3.16. The van der Waals surface area contributed by atoms with E-state index >= 15 is 0 Å². The van der Waals surface area contributed by atoms with Crippen molar-refractivity contribution in [2.24, 2.45) is 5.10 Å². The molecule has 22 heavy (non-hydrogen) atoms. The Kier molecular flexibility index (Phi) is 6.22. The second-order valence-corrected chi connectivity index (χ2v) is 6.18. The Morgan fingerprint density at radius 2 is 1.77 bits per heavy atom. The molecule has 0 heterocycles. The van der Waals surface area contributed by atoms with Crippen LogP contribution in [0.4, 0.5) is 0 Å². The summed E-state index contributed by atoms with van der Waals surface area (Å²) in [6.45, 7) is 3.94. The molecule has 3 nitrogen and oxygen atoms in total. The Labute approximate surface area is 135 Å². The van der Waals surface area contributed by atoms with Gasteiger partial charge in [-0.3, -0.25) is 4.79 Å². The lowest BCUT2D eigenvalue weighted by molar-refractivity contribution is -0.120. The van der Waals surface area contributed by atoms with E-state index < -0.39 is 0 Å². The lowest BCUT2D eigenvalue weighted by atomic mass is 10.1. The number of carbonyl (C=O) groups excluding carboxylic acids is 1. The molecule has 0 atom stereocenters. The van der Waals surface area contributed by atoms with Crippen LogP contribution in [0, 0.1) is 6.92 Å². The molecule has 2 aromatic rings. The highest BCUT2D eigenvalue weighted by molar-refractivity contribution is 7.99. The van der Waals surface area contributed by atoms with Gasteiger partial charge in [0.2, 0.25) is 5.91 Å². The van der Waals surface area contributed by atoms with Crippen LogP contribution in [0.2, 0.25) is 0 Å². The number of aryl methyl sites for hydroxylation is 1. The summed E-state index contributed by atoms with van der Waals surface area (Å²) in [6.07, 6.45) is 0.449. The standard InChI is InChI=1S/C18H20N2OS/c1-14-8-10-16(11-9-14)15(2)19-20-18(21)12-13-22-17-6-4-3-5-7-17/h3-11H,12-13H2,1-2H3,(H,20,21)/b19-15-. The number of amides is 1. The fraction of sp³-hybridized carbons (Fsp3) is 0.222. The number of rotatable bonds is 6. The van der Waals surface area contributed by atoms with Gasteiger partial charge in [0.05, 0.1) is 5.71 Å². The first-order valence-corrected chi connectivity index (χ1v) is 8.22. The van der Waals surface area contributed by atoms with Crippen molar-refractivity contribution in [3.8, 4) is 0 Å². The van der Waals surface area contributed by atoms with Gasteiger partial charge in [-0.15, -0.1) is 11.8 Å². The lowest BCUT2D eigenvalue weighted by Gasteiger charge is -2.04. The molecule has 0 bridgehead atoms. The number of hydrazone groups is 1. The number of hydrogen-bond donors (Lipinski definition) is 1. The molecule has 0 saturated carbocycles. The van der Waals surface area contributed by atoms with Crippen molar-refractivity contribution in [2.75, 3.05) is 5.75 Å². The Morgan fingerprint density at radius 3 is 2.45 bits per heavy atom. The summed E-state index contributed by atoms with van der Waals surface area (Å²) in [6, 6.07) is 18.1. The fourth-order valence-corrected chi connectivity index (χ4v) is 2.71. The molecule has 1 N–H and O–H groups in total. The second-order valence-electron chi connectivity index (χ2n) is 5.01. The summed E-state index contributed by atoms with van der Waals surface area (Å²) >= 11 is 1.67. The van der Waals surface area contributed by atoms with Crippen LogP contribution in [0.15, 0.2) is 64.6 Å².